The fourth-order valence-electron chi connectivity index (χ4n) is 3.62. The van der Waals surface area contributed by atoms with E-state index in [1.54, 1.807) is 4.90 Å². The Labute approximate surface area is 176 Å². The normalized spacial score (nSPS) is 17.2. The zero-order valence-electron chi connectivity index (χ0n) is 16.4. The van der Waals surface area contributed by atoms with Crippen LogP contribution in [-0.2, 0) is 10.0 Å². The first-order chi connectivity index (χ1) is 13.8. The zero-order chi connectivity index (χ0) is 21.2. The van der Waals surface area contributed by atoms with Crippen LogP contribution >= 0.6 is 11.6 Å². The first kappa shape index (κ1) is 21.6. The third-order valence-corrected chi connectivity index (χ3v) is 7.49. The van der Waals surface area contributed by atoms with Crippen LogP contribution in [0.2, 0.25) is 5.02 Å². The lowest BCUT2D eigenvalue weighted by Gasteiger charge is -2.35. The number of amides is 1. The molecule has 1 fully saturated rings. The van der Waals surface area contributed by atoms with E-state index in [1.807, 2.05) is 6.92 Å². The average Bonchev–Trinajstić information content (AvgIpc) is 2.73. The van der Waals surface area contributed by atoms with Crippen LogP contribution in [0.3, 0.4) is 0 Å². The Balaban J connectivity index is 1.95. The average molecular weight is 439 g/mol. The Morgan fingerprint density at radius 1 is 1.21 bits per heavy atom. The van der Waals surface area contributed by atoms with Crippen molar-refractivity contribution in [1.82, 2.24) is 4.90 Å². The van der Waals surface area contributed by atoms with Crippen molar-refractivity contribution in [3.63, 3.8) is 0 Å². The topological polar surface area (TPSA) is 57.7 Å². The van der Waals surface area contributed by atoms with Crippen molar-refractivity contribution in [3.05, 3.63) is 58.9 Å². The third-order valence-electron chi connectivity index (χ3n) is 5.38. The molecule has 156 valence electrons. The van der Waals surface area contributed by atoms with Crippen LogP contribution in [-0.4, -0.2) is 38.9 Å². The van der Waals surface area contributed by atoms with E-state index in [4.69, 9.17) is 11.6 Å². The van der Waals surface area contributed by atoms with Gasteiger partial charge in [0.25, 0.3) is 15.9 Å². The highest BCUT2D eigenvalue weighted by Crippen LogP contribution is 2.29. The largest absolute Gasteiger partial charge is 0.336 e. The summed E-state index contributed by atoms with van der Waals surface area (Å²) in [7, 11) is -2.56. The molecule has 0 aliphatic carbocycles. The standard InChI is InChI=1S/C21H24ClFN2O3S/c1-3-16-6-4-5-13-25(16)21(26)19-14-18(11-12-20(19)22)29(27,28)24(2)17-9-7-15(23)8-10-17/h7-12,14,16H,3-6,13H2,1-2H3. The van der Waals surface area contributed by atoms with Gasteiger partial charge in [-0.2, -0.15) is 0 Å². The van der Waals surface area contributed by atoms with Gasteiger partial charge in [-0.3, -0.25) is 9.10 Å². The lowest BCUT2D eigenvalue weighted by Crippen LogP contribution is -2.43. The molecule has 2 aromatic rings. The number of rotatable bonds is 5. The maximum atomic E-state index is 13.2. The van der Waals surface area contributed by atoms with E-state index in [9.17, 15) is 17.6 Å². The van der Waals surface area contributed by atoms with Crippen LogP contribution in [0.5, 0.6) is 0 Å². The molecule has 0 spiro atoms. The molecule has 0 bridgehead atoms. The second-order valence-corrected chi connectivity index (χ2v) is 9.52. The van der Waals surface area contributed by atoms with Crippen molar-refractivity contribution in [1.29, 1.82) is 0 Å². The molecule has 0 radical (unpaired) electrons. The maximum Gasteiger partial charge on any atom is 0.264 e. The van der Waals surface area contributed by atoms with Gasteiger partial charge in [0.05, 0.1) is 21.2 Å². The Hall–Kier alpha value is -2.12. The minimum Gasteiger partial charge on any atom is -0.336 e. The van der Waals surface area contributed by atoms with Gasteiger partial charge in [-0.25, -0.2) is 12.8 Å². The van der Waals surface area contributed by atoms with E-state index in [1.165, 1.54) is 49.5 Å². The van der Waals surface area contributed by atoms with Gasteiger partial charge in [-0.15, -0.1) is 0 Å². The van der Waals surface area contributed by atoms with E-state index in [0.717, 1.165) is 30.0 Å². The van der Waals surface area contributed by atoms with Gasteiger partial charge in [-0.05, 0) is 68.1 Å². The van der Waals surface area contributed by atoms with E-state index in [2.05, 4.69) is 0 Å². The highest BCUT2D eigenvalue weighted by molar-refractivity contribution is 7.92. The molecular formula is C21H24ClFN2O3S. The summed E-state index contributed by atoms with van der Waals surface area (Å²) in [6, 6.07) is 9.44. The van der Waals surface area contributed by atoms with Crippen LogP contribution in [0.4, 0.5) is 10.1 Å². The Morgan fingerprint density at radius 2 is 1.90 bits per heavy atom. The Morgan fingerprint density at radius 3 is 2.55 bits per heavy atom. The van der Waals surface area contributed by atoms with Crippen LogP contribution in [0.1, 0.15) is 43.0 Å². The maximum absolute atomic E-state index is 13.2. The lowest BCUT2D eigenvalue weighted by atomic mass is 9.99. The summed E-state index contributed by atoms with van der Waals surface area (Å²) >= 11 is 6.27. The number of piperidine rings is 1. The number of carbonyl (C=O) groups is 1. The number of hydrogen-bond acceptors (Lipinski definition) is 3. The van der Waals surface area contributed by atoms with Gasteiger partial charge in [-0.1, -0.05) is 18.5 Å². The van der Waals surface area contributed by atoms with E-state index < -0.39 is 15.8 Å². The molecule has 1 saturated heterocycles. The van der Waals surface area contributed by atoms with Crippen LogP contribution in [0.15, 0.2) is 47.4 Å². The molecule has 8 heteroatoms. The summed E-state index contributed by atoms with van der Waals surface area (Å²) < 4.78 is 40.4. The second-order valence-electron chi connectivity index (χ2n) is 7.15. The van der Waals surface area contributed by atoms with Gasteiger partial charge in [0.1, 0.15) is 5.82 Å². The number of anilines is 1. The molecule has 1 atom stereocenters. The van der Waals surface area contributed by atoms with Crippen molar-refractivity contribution >= 4 is 33.2 Å². The molecule has 1 aliphatic heterocycles. The Kier molecular flexibility index (Phi) is 6.49. The predicted octanol–water partition coefficient (Wildman–Crippen LogP) is 4.71. The number of carbonyl (C=O) groups excluding carboxylic acids is 1. The van der Waals surface area contributed by atoms with Gasteiger partial charge in [0.2, 0.25) is 0 Å². The molecule has 1 heterocycles. The smallest absolute Gasteiger partial charge is 0.264 e. The molecule has 0 aromatic heterocycles. The summed E-state index contributed by atoms with van der Waals surface area (Å²) in [5.74, 6) is -0.700. The SMILES string of the molecule is CCC1CCCCN1C(=O)c1cc(S(=O)(=O)N(C)c2ccc(F)cc2)ccc1Cl. The number of benzene rings is 2. The van der Waals surface area contributed by atoms with E-state index in [-0.39, 0.29) is 27.4 Å². The number of halogens is 2. The van der Waals surface area contributed by atoms with Gasteiger partial charge in [0, 0.05) is 19.6 Å². The van der Waals surface area contributed by atoms with Gasteiger partial charge < -0.3 is 4.90 Å². The minimum absolute atomic E-state index is 0.0397. The predicted molar refractivity (Wildman–Crippen MR) is 112 cm³/mol. The highest BCUT2D eigenvalue weighted by atomic mass is 35.5. The van der Waals surface area contributed by atoms with Gasteiger partial charge >= 0.3 is 0 Å². The van der Waals surface area contributed by atoms with E-state index >= 15 is 0 Å². The quantitative estimate of drug-likeness (QED) is 0.679. The second kappa shape index (κ2) is 8.71. The molecule has 1 aliphatic rings. The fourth-order valence-corrected chi connectivity index (χ4v) is 5.04. The monoisotopic (exact) mass is 438 g/mol. The lowest BCUT2D eigenvalue weighted by molar-refractivity contribution is 0.0608. The molecule has 2 aromatic carbocycles. The van der Waals surface area contributed by atoms with E-state index in [0.29, 0.717) is 12.2 Å². The fraction of sp³-hybridized carbons (Fsp3) is 0.381. The summed E-state index contributed by atoms with van der Waals surface area (Å²) in [6.45, 7) is 2.68. The highest BCUT2D eigenvalue weighted by Gasteiger charge is 2.29. The summed E-state index contributed by atoms with van der Waals surface area (Å²) in [6.07, 6.45) is 3.78. The number of hydrogen-bond donors (Lipinski definition) is 0. The van der Waals surface area contributed by atoms with Crippen molar-refractivity contribution in [2.45, 2.75) is 43.5 Å². The molecule has 0 N–H and O–H groups in total. The van der Waals surface area contributed by atoms with Gasteiger partial charge in [0.15, 0.2) is 0 Å². The molecule has 3 rings (SSSR count). The van der Waals surface area contributed by atoms with Crippen molar-refractivity contribution < 1.29 is 17.6 Å². The van der Waals surface area contributed by atoms with Crippen LogP contribution < -0.4 is 4.31 Å². The number of nitrogens with zero attached hydrogens (tertiary/aromatic N) is 2. The molecule has 5 nitrogen and oxygen atoms in total. The molecule has 0 saturated carbocycles. The third kappa shape index (κ3) is 4.41. The molecule has 1 unspecified atom stereocenters. The summed E-state index contributed by atoms with van der Waals surface area (Å²) in [4.78, 5) is 14.9. The Bertz CT molecular complexity index is 995. The minimum atomic E-state index is -3.95. The first-order valence-corrected chi connectivity index (χ1v) is 11.4. The zero-order valence-corrected chi connectivity index (χ0v) is 18.0. The van der Waals surface area contributed by atoms with Crippen molar-refractivity contribution in [2.75, 3.05) is 17.9 Å². The van der Waals surface area contributed by atoms with Crippen molar-refractivity contribution in [2.24, 2.45) is 0 Å². The summed E-state index contributed by atoms with van der Waals surface area (Å²) in [5, 5.41) is 0.221. The summed E-state index contributed by atoms with van der Waals surface area (Å²) in [5.41, 5.74) is 0.497. The molecule has 29 heavy (non-hydrogen) atoms. The van der Waals surface area contributed by atoms with Crippen molar-refractivity contribution in [3.8, 4) is 0 Å². The first-order valence-electron chi connectivity index (χ1n) is 9.60. The number of likely N-dealkylation sites (tertiary alicyclic amines) is 1. The van der Waals surface area contributed by atoms with Crippen LogP contribution in [0.25, 0.3) is 0 Å². The van der Waals surface area contributed by atoms with Crippen LogP contribution in [0, 0.1) is 5.82 Å². The molecular weight excluding hydrogens is 415 g/mol. The molecule has 1 amide bonds. The number of sulfonamides is 1.